The summed E-state index contributed by atoms with van der Waals surface area (Å²) >= 11 is 1.17. The minimum absolute atomic E-state index is 0.0553. The van der Waals surface area contributed by atoms with Crippen LogP contribution in [0.2, 0.25) is 0 Å². The van der Waals surface area contributed by atoms with Crippen molar-refractivity contribution in [2.24, 2.45) is 0 Å². The Hall–Kier alpha value is -0.920. The van der Waals surface area contributed by atoms with Gasteiger partial charge in [0.15, 0.2) is 0 Å². The lowest BCUT2D eigenvalue weighted by Crippen LogP contribution is -2.41. The zero-order valence-electron chi connectivity index (χ0n) is 10.7. The van der Waals surface area contributed by atoms with E-state index in [4.69, 9.17) is 0 Å². The number of hydrogen-bond donors (Lipinski definition) is 1. The highest BCUT2D eigenvalue weighted by Crippen LogP contribution is 2.14. The summed E-state index contributed by atoms with van der Waals surface area (Å²) in [6, 6.07) is 3.31. The Labute approximate surface area is 112 Å². The Bertz CT molecular complexity index is 480. The first-order valence-corrected chi connectivity index (χ1v) is 8.01. The van der Waals surface area contributed by atoms with Crippen molar-refractivity contribution in [3.05, 3.63) is 17.5 Å². The second-order valence-corrected chi connectivity index (χ2v) is 7.08. The van der Waals surface area contributed by atoms with E-state index in [-0.39, 0.29) is 18.5 Å². The molecule has 5 nitrogen and oxygen atoms in total. The Morgan fingerprint density at radius 3 is 2.61 bits per heavy atom. The van der Waals surface area contributed by atoms with Gasteiger partial charge < -0.3 is 4.90 Å². The number of rotatable bonds is 6. The summed E-state index contributed by atoms with van der Waals surface area (Å²) in [6.45, 7) is 5.87. The molecule has 1 aromatic heterocycles. The average molecular weight is 290 g/mol. The van der Waals surface area contributed by atoms with Crippen LogP contribution in [0.4, 0.5) is 0 Å². The van der Waals surface area contributed by atoms with Gasteiger partial charge in [0.25, 0.3) is 0 Å². The fourth-order valence-corrected chi connectivity index (χ4v) is 3.63. The Kier molecular flexibility index (Phi) is 5.30. The highest BCUT2D eigenvalue weighted by Gasteiger charge is 2.17. The first kappa shape index (κ1) is 15.1. The number of carbonyl (C=O) groups is 1. The van der Waals surface area contributed by atoms with Gasteiger partial charge in [0.2, 0.25) is 15.9 Å². The van der Waals surface area contributed by atoms with Crippen LogP contribution in [0.15, 0.2) is 21.7 Å². The minimum atomic E-state index is -3.43. The summed E-state index contributed by atoms with van der Waals surface area (Å²) in [5.74, 6) is -0.0553. The molecule has 1 N–H and O–H groups in total. The molecule has 0 aliphatic carbocycles. The topological polar surface area (TPSA) is 66.5 Å². The molecule has 7 heteroatoms. The van der Waals surface area contributed by atoms with Gasteiger partial charge in [0.1, 0.15) is 4.21 Å². The van der Waals surface area contributed by atoms with Gasteiger partial charge in [0.05, 0.1) is 0 Å². The summed E-state index contributed by atoms with van der Waals surface area (Å²) in [7, 11) is -3.43. The molecule has 0 saturated heterocycles. The molecule has 0 atom stereocenters. The van der Waals surface area contributed by atoms with E-state index in [9.17, 15) is 13.2 Å². The van der Waals surface area contributed by atoms with E-state index in [0.717, 1.165) is 0 Å². The van der Waals surface area contributed by atoms with Crippen molar-refractivity contribution in [3.63, 3.8) is 0 Å². The van der Waals surface area contributed by atoms with Crippen molar-refractivity contribution in [1.82, 2.24) is 9.62 Å². The largest absolute Gasteiger partial charge is 0.339 e. The van der Waals surface area contributed by atoms with Gasteiger partial charge >= 0.3 is 0 Å². The maximum Gasteiger partial charge on any atom is 0.250 e. The van der Waals surface area contributed by atoms with E-state index in [0.29, 0.717) is 10.8 Å². The molecular weight excluding hydrogens is 272 g/mol. The third-order valence-corrected chi connectivity index (χ3v) is 5.29. The fourth-order valence-electron chi connectivity index (χ4n) is 1.57. The van der Waals surface area contributed by atoms with Crippen LogP contribution < -0.4 is 4.72 Å². The smallest absolute Gasteiger partial charge is 0.250 e. The SMILES string of the molecule is CC(=O)N(CCNS(=O)(=O)c1cccs1)C(C)C. The van der Waals surface area contributed by atoms with Gasteiger partial charge in [-0.1, -0.05) is 6.07 Å². The lowest BCUT2D eigenvalue weighted by Gasteiger charge is -2.25. The second-order valence-electron chi connectivity index (χ2n) is 4.14. The van der Waals surface area contributed by atoms with Crippen molar-refractivity contribution in [1.29, 1.82) is 0 Å². The molecule has 0 saturated carbocycles. The van der Waals surface area contributed by atoms with Crippen molar-refractivity contribution >= 4 is 27.3 Å². The van der Waals surface area contributed by atoms with E-state index in [1.807, 2.05) is 13.8 Å². The molecule has 0 spiro atoms. The minimum Gasteiger partial charge on any atom is -0.339 e. The zero-order chi connectivity index (χ0) is 13.8. The Morgan fingerprint density at radius 1 is 1.50 bits per heavy atom. The van der Waals surface area contributed by atoms with Gasteiger partial charge in [-0.2, -0.15) is 0 Å². The van der Waals surface area contributed by atoms with E-state index in [1.54, 1.807) is 22.4 Å². The van der Waals surface area contributed by atoms with Crippen molar-refractivity contribution in [2.45, 2.75) is 31.0 Å². The molecule has 0 fully saturated rings. The third kappa shape index (κ3) is 4.08. The van der Waals surface area contributed by atoms with Crippen LogP contribution in [-0.2, 0) is 14.8 Å². The standard InChI is InChI=1S/C11H18N2O3S2/c1-9(2)13(10(3)14)7-6-12-18(15,16)11-5-4-8-17-11/h4-5,8-9,12H,6-7H2,1-3H3. The lowest BCUT2D eigenvalue weighted by molar-refractivity contribution is -0.130. The monoisotopic (exact) mass is 290 g/mol. The molecule has 0 aliphatic rings. The second kappa shape index (κ2) is 6.31. The number of nitrogens with zero attached hydrogens (tertiary/aromatic N) is 1. The van der Waals surface area contributed by atoms with Crippen molar-refractivity contribution < 1.29 is 13.2 Å². The molecule has 0 unspecified atom stereocenters. The van der Waals surface area contributed by atoms with Crippen molar-refractivity contribution in [3.8, 4) is 0 Å². The summed E-state index contributed by atoms with van der Waals surface area (Å²) in [5.41, 5.74) is 0. The molecule has 18 heavy (non-hydrogen) atoms. The molecule has 1 rings (SSSR count). The van der Waals surface area contributed by atoms with E-state index in [2.05, 4.69) is 4.72 Å². The van der Waals surface area contributed by atoms with Crippen LogP contribution >= 0.6 is 11.3 Å². The number of hydrogen-bond acceptors (Lipinski definition) is 4. The molecule has 0 aromatic carbocycles. The highest BCUT2D eigenvalue weighted by atomic mass is 32.2. The molecule has 0 bridgehead atoms. The first-order chi connectivity index (χ1) is 8.34. The molecule has 1 aromatic rings. The van der Waals surface area contributed by atoms with Crippen LogP contribution in [0, 0.1) is 0 Å². The Morgan fingerprint density at radius 2 is 2.17 bits per heavy atom. The maximum atomic E-state index is 11.8. The molecule has 1 heterocycles. The van der Waals surface area contributed by atoms with Crippen LogP contribution in [0.3, 0.4) is 0 Å². The molecule has 0 aliphatic heterocycles. The lowest BCUT2D eigenvalue weighted by atomic mass is 10.3. The predicted octanol–water partition coefficient (Wildman–Crippen LogP) is 1.28. The number of amides is 1. The molecular formula is C11H18N2O3S2. The first-order valence-electron chi connectivity index (χ1n) is 5.65. The number of carbonyl (C=O) groups excluding carboxylic acids is 1. The van der Waals surface area contributed by atoms with Crippen LogP contribution in [0.1, 0.15) is 20.8 Å². The number of sulfonamides is 1. The zero-order valence-corrected chi connectivity index (χ0v) is 12.3. The average Bonchev–Trinajstić information content (AvgIpc) is 2.76. The maximum absolute atomic E-state index is 11.8. The van der Waals surface area contributed by atoms with Crippen LogP contribution in [0.5, 0.6) is 0 Å². The normalized spacial score (nSPS) is 11.8. The third-order valence-electron chi connectivity index (χ3n) is 2.43. The summed E-state index contributed by atoms with van der Waals surface area (Å²) in [4.78, 5) is 12.9. The molecule has 102 valence electrons. The summed E-state index contributed by atoms with van der Waals surface area (Å²) in [5, 5.41) is 1.71. The summed E-state index contributed by atoms with van der Waals surface area (Å²) in [6.07, 6.45) is 0. The van der Waals surface area contributed by atoms with Crippen molar-refractivity contribution in [2.75, 3.05) is 13.1 Å². The van der Waals surface area contributed by atoms with Gasteiger partial charge in [-0.25, -0.2) is 13.1 Å². The molecule has 0 radical (unpaired) electrons. The highest BCUT2D eigenvalue weighted by molar-refractivity contribution is 7.91. The van der Waals surface area contributed by atoms with Gasteiger partial charge in [0, 0.05) is 26.1 Å². The van der Waals surface area contributed by atoms with Gasteiger partial charge in [-0.3, -0.25) is 4.79 Å². The quantitative estimate of drug-likeness (QED) is 0.858. The van der Waals surface area contributed by atoms with E-state index >= 15 is 0 Å². The van der Waals surface area contributed by atoms with E-state index < -0.39 is 10.0 Å². The fraction of sp³-hybridized carbons (Fsp3) is 0.545. The summed E-state index contributed by atoms with van der Waals surface area (Å²) < 4.78 is 26.4. The Balaban J connectivity index is 2.54. The number of nitrogens with one attached hydrogen (secondary N) is 1. The van der Waals surface area contributed by atoms with Gasteiger partial charge in [-0.15, -0.1) is 11.3 Å². The van der Waals surface area contributed by atoms with Crippen LogP contribution in [-0.4, -0.2) is 38.4 Å². The number of thiophene rings is 1. The van der Waals surface area contributed by atoms with Crippen LogP contribution in [0.25, 0.3) is 0 Å². The van der Waals surface area contributed by atoms with E-state index in [1.165, 1.54) is 18.3 Å². The van der Waals surface area contributed by atoms with Gasteiger partial charge in [-0.05, 0) is 25.3 Å². The molecule has 1 amide bonds. The predicted molar refractivity (Wildman–Crippen MR) is 72.0 cm³/mol.